The van der Waals surface area contributed by atoms with Crippen molar-refractivity contribution in [3.05, 3.63) is 0 Å². The average Bonchev–Trinajstić information content (AvgIpc) is 1.91. The fourth-order valence-corrected chi connectivity index (χ4v) is 0. The molecule has 0 aliphatic heterocycles. The maximum absolute atomic E-state index is 2.18. The standard InChI is InChI=1S/2C4H10.C2H6.CH4/c1-4(2)3;1-3-4-2;1-2;/h4H,1-3H3;3-4H2,1-2H3;1-2H3;1H4. The summed E-state index contributed by atoms with van der Waals surface area (Å²) < 4.78 is 0. The smallest absolute Gasteiger partial charge is 0.0500 e. The van der Waals surface area contributed by atoms with Gasteiger partial charge in [-0.05, 0) is 5.92 Å². The molecule has 0 radical (unpaired) electrons. The van der Waals surface area contributed by atoms with E-state index in [-0.39, 0.29) is 7.43 Å². The highest BCUT2D eigenvalue weighted by atomic mass is 13.7. The van der Waals surface area contributed by atoms with Crippen molar-refractivity contribution in [3.8, 4) is 0 Å². The Kier molecular flexibility index (Phi) is 66.1. The molecule has 0 aliphatic carbocycles. The van der Waals surface area contributed by atoms with Crippen molar-refractivity contribution < 1.29 is 0 Å². The predicted molar refractivity (Wildman–Crippen MR) is 59.2 cm³/mol. The lowest BCUT2D eigenvalue weighted by Gasteiger charge is -1.79. The third kappa shape index (κ3) is 640. The maximum Gasteiger partial charge on any atom is -0.0500 e. The Morgan fingerprint density at radius 3 is 0.909 bits per heavy atom. The third-order valence-electron chi connectivity index (χ3n) is 0.500. The maximum atomic E-state index is 2.18. The van der Waals surface area contributed by atoms with Crippen LogP contribution in [0.3, 0.4) is 0 Å². The highest BCUT2D eigenvalue weighted by molar-refractivity contribution is 4.20. The Bertz CT molecular complexity index is 16.5. The summed E-state index contributed by atoms with van der Waals surface area (Å²) in [7, 11) is 0. The number of hydrogen-bond acceptors (Lipinski definition) is 0. The summed E-state index contributed by atoms with van der Waals surface area (Å²) in [6, 6.07) is 0. The molecular formula is C11H30. The van der Waals surface area contributed by atoms with Crippen molar-refractivity contribution >= 4 is 0 Å². The largest absolute Gasteiger partial charge is 0.0776 e. The van der Waals surface area contributed by atoms with Crippen molar-refractivity contribution in [2.75, 3.05) is 0 Å². The van der Waals surface area contributed by atoms with E-state index in [2.05, 4.69) is 34.6 Å². The van der Waals surface area contributed by atoms with Crippen LogP contribution in [0.25, 0.3) is 0 Å². The van der Waals surface area contributed by atoms with Crippen LogP contribution in [-0.2, 0) is 0 Å². The van der Waals surface area contributed by atoms with Gasteiger partial charge in [-0.1, -0.05) is 68.7 Å². The van der Waals surface area contributed by atoms with Crippen LogP contribution in [0.15, 0.2) is 0 Å². The fraction of sp³-hybridized carbons (Fsp3) is 1.00. The molecule has 0 aromatic heterocycles. The predicted octanol–water partition coefficient (Wildman–Crippen LogP) is 5.13. The molecule has 0 heteroatoms. The van der Waals surface area contributed by atoms with Gasteiger partial charge in [-0.25, -0.2) is 0 Å². The molecule has 0 unspecified atom stereocenters. The Labute approximate surface area is 75.4 Å². The van der Waals surface area contributed by atoms with Crippen LogP contribution in [-0.4, -0.2) is 0 Å². The Morgan fingerprint density at radius 1 is 0.818 bits per heavy atom. The van der Waals surface area contributed by atoms with Gasteiger partial charge in [-0.15, -0.1) is 0 Å². The minimum atomic E-state index is 0. The van der Waals surface area contributed by atoms with E-state index >= 15 is 0 Å². The van der Waals surface area contributed by atoms with Gasteiger partial charge in [0.15, 0.2) is 0 Å². The second kappa shape index (κ2) is 32.4. The first kappa shape index (κ1) is 22.4. The fourth-order valence-electron chi connectivity index (χ4n) is 0. The number of unbranched alkanes of at least 4 members (excludes halogenated alkanes) is 1. The monoisotopic (exact) mass is 162 g/mol. The van der Waals surface area contributed by atoms with E-state index in [1.165, 1.54) is 12.8 Å². The van der Waals surface area contributed by atoms with Crippen LogP contribution >= 0.6 is 0 Å². The van der Waals surface area contributed by atoms with Crippen LogP contribution in [0, 0.1) is 5.92 Å². The van der Waals surface area contributed by atoms with E-state index in [9.17, 15) is 0 Å². The second-order valence-electron chi connectivity index (χ2n) is 2.73. The van der Waals surface area contributed by atoms with Gasteiger partial charge < -0.3 is 0 Å². The third-order valence-corrected chi connectivity index (χ3v) is 0.500. The van der Waals surface area contributed by atoms with Gasteiger partial charge in [-0.2, -0.15) is 0 Å². The topological polar surface area (TPSA) is 0 Å². The summed E-state index contributed by atoms with van der Waals surface area (Å²) >= 11 is 0. The lowest BCUT2D eigenvalue weighted by molar-refractivity contribution is 0.737. The van der Waals surface area contributed by atoms with Crippen LogP contribution in [0.2, 0.25) is 0 Å². The van der Waals surface area contributed by atoms with Crippen molar-refractivity contribution in [2.45, 2.75) is 68.7 Å². The van der Waals surface area contributed by atoms with Gasteiger partial charge in [0.25, 0.3) is 0 Å². The molecule has 0 nitrogen and oxygen atoms in total. The van der Waals surface area contributed by atoms with Crippen LogP contribution in [0.1, 0.15) is 68.7 Å². The molecule has 0 bridgehead atoms. The van der Waals surface area contributed by atoms with Gasteiger partial charge in [0.1, 0.15) is 0 Å². The molecule has 0 spiro atoms. The SMILES string of the molecule is C.CC.CC(C)C.CCCC. The first-order valence-electron chi connectivity index (χ1n) is 4.65. The molecule has 74 valence electrons. The summed E-state index contributed by atoms with van der Waals surface area (Å²) in [5.41, 5.74) is 0. The van der Waals surface area contributed by atoms with Gasteiger partial charge in [0.2, 0.25) is 0 Å². The van der Waals surface area contributed by atoms with Crippen LogP contribution in [0.4, 0.5) is 0 Å². The van der Waals surface area contributed by atoms with E-state index in [1.54, 1.807) is 0 Å². The van der Waals surface area contributed by atoms with Gasteiger partial charge >= 0.3 is 0 Å². The molecular weight excluding hydrogens is 132 g/mol. The van der Waals surface area contributed by atoms with E-state index in [4.69, 9.17) is 0 Å². The van der Waals surface area contributed by atoms with E-state index < -0.39 is 0 Å². The number of rotatable bonds is 1. The zero-order chi connectivity index (χ0) is 8.99. The lowest BCUT2D eigenvalue weighted by atomic mass is 10.3. The summed E-state index contributed by atoms with van der Waals surface area (Å²) in [5, 5.41) is 0. The molecule has 0 amide bonds. The summed E-state index contributed by atoms with van der Waals surface area (Å²) in [4.78, 5) is 0. The van der Waals surface area contributed by atoms with Crippen molar-refractivity contribution in [1.82, 2.24) is 0 Å². The summed E-state index contributed by atoms with van der Waals surface area (Å²) in [5.74, 6) is 0.833. The van der Waals surface area contributed by atoms with Gasteiger partial charge in [-0.3, -0.25) is 0 Å². The van der Waals surface area contributed by atoms with Crippen molar-refractivity contribution in [2.24, 2.45) is 5.92 Å². The Morgan fingerprint density at radius 2 is 0.909 bits per heavy atom. The molecule has 0 fully saturated rings. The summed E-state index contributed by atoms with van der Waals surface area (Å²) in [6.07, 6.45) is 2.64. The van der Waals surface area contributed by atoms with Crippen LogP contribution in [0.5, 0.6) is 0 Å². The zero-order valence-electron chi connectivity index (χ0n) is 8.99. The van der Waals surface area contributed by atoms with Gasteiger partial charge in [0.05, 0.1) is 0 Å². The van der Waals surface area contributed by atoms with E-state index in [1.807, 2.05) is 13.8 Å². The van der Waals surface area contributed by atoms with Gasteiger partial charge in [0, 0.05) is 0 Å². The molecule has 0 aromatic rings. The molecule has 0 atom stereocenters. The molecule has 0 aromatic carbocycles. The normalized spacial score (nSPS) is 6.55. The first-order valence-corrected chi connectivity index (χ1v) is 4.65. The second-order valence-corrected chi connectivity index (χ2v) is 2.73. The van der Waals surface area contributed by atoms with Crippen molar-refractivity contribution in [1.29, 1.82) is 0 Å². The minimum absolute atomic E-state index is 0. The quantitative estimate of drug-likeness (QED) is 0.501. The van der Waals surface area contributed by atoms with Crippen molar-refractivity contribution in [3.63, 3.8) is 0 Å². The average molecular weight is 162 g/mol. The highest BCUT2D eigenvalue weighted by Crippen LogP contribution is 1.81. The molecule has 0 N–H and O–H groups in total. The molecule has 0 aliphatic rings. The first-order chi connectivity index (χ1) is 4.65. The summed E-state index contributed by atoms with van der Waals surface area (Å²) in [6.45, 7) is 14.9. The molecule has 0 saturated carbocycles. The number of hydrogen-bond donors (Lipinski definition) is 0. The van der Waals surface area contributed by atoms with E-state index in [0.717, 1.165) is 5.92 Å². The lowest BCUT2D eigenvalue weighted by Crippen LogP contribution is -1.66. The highest BCUT2D eigenvalue weighted by Gasteiger charge is 1.68. The zero-order valence-corrected chi connectivity index (χ0v) is 8.99. The van der Waals surface area contributed by atoms with E-state index in [0.29, 0.717) is 0 Å². The molecule has 11 heavy (non-hydrogen) atoms. The minimum Gasteiger partial charge on any atom is -0.0776 e. The molecule has 0 heterocycles. The Balaban J connectivity index is -0.0000000339. The Hall–Kier alpha value is 0. The molecule has 0 saturated heterocycles. The van der Waals surface area contributed by atoms with Crippen LogP contribution < -0.4 is 0 Å². The molecule has 0 rings (SSSR count).